The Kier molecular flexibility index (Phi) is 3.81. The number of benzene rings is 1. The molecule has 1 fully saturated rings. The van der Waals surface area contributed by atoms with Gasteiger partial charge >= 0.3 is 0 Å². The molecule has 0 N–H and O–H groups in total. The second kappa shape index (κ2) is 5.16. The molecule has 5 heteroatoms. The van der Waals surface area contributed by atoms with Crippen LogP contribution in [0.3, 0.4) is 0 Å². The fourth-order valence-electron chi connectivity index (χ4n) is 1.92. The van der Waals surface area contributed by atoms with Crippen molar-refractivity contribution < 1.29 is 17.9 Å². The van der Waals surface area contributed by atoms with Crippen molar-refractivity contribution in [2.45, 2.75) is 35.9 Å². The third-order valence-electron chi connectivity index (χ3n) is 2.86. The predicted octanol–water partition coefficient (Wildman–Crippen LogP) is 1.96. The molecule has 0 radical (unpaired) electrons. The van der Waals surface area contributed by atoms with Crippen LogP contribution in [0.25, 0.3) is 0 Å². The first-order valence-corrected chi connectivity index (χ1v) is 7.16. The van der Waals surface area contributed by atoms with Crippen molar-refractivity contribution in [3.63, 3.8) is 0 Å². The Balaban J connectivity index is 2.21. The van der Waals surface area contributed by atoms with Crippen molar-refractivity contribution in [1.29, 1.82) is 0 Å². The molecule has 2 rings (SSSR count). The highest BCUT2D eigenvalue weighted by atomic mass is 32.2. The van der Waals surface area contributed by atoms with Crippen LogP contribution in [0.1, 0.15) is 19.3 Å². The highest BCUT2D eigenvalue weighted by Crippen LogP contribution is 2.27. The predicted molar refractivity (Wildman–Crippen MR) is 63.1 cm³/mol. The SMILES string of the molecule is CO[C@H]1CCC[C@H](S(=O)(=O)c2ccccc2)O1. The first-order chi connectivity index (χ1) is 8.14. The van der Waals surface area contributed by atoms with Gasteiger partial charge in [-0.2, -0.15) is 0 Å². The highest BCUT2D eigenvalue weighted by Gasteiger charge is 2.33. The summed E-state index contributed by atoms with van der Waals surface area (Å²) in [5, 5.41) is 0. The van der Waals surface area contributed by atoms with Crippen molar-refractivity contribution in [3.8, 4) is 0 Å². The quantitative estimate of drug-likeness (QED) is 0.829. The minimum absolute atomic E-state index is 0.307. The van der Waals surface area contributed by atoms with Crippen molar-refractivity contribution >= 4 is 9.84 Å². The first kappa shape index (κ1) is 12.5. The molecule has 1 aromatic rings. The average Bonchev–Trinajstić information content (AvgIpc) is 2.40. The van der Waals surface area contributed by atoms with Gasteiger partial charge in [0.1, 0.15) is 0 Å². The minimum atomic E-state index is -3.41. The summed E-state index contributed by atoms with van der Waals surface area (Å²) in [7, 11) is -1.88. The molecule has 0 spiro atoms. The summed E-state index contributed by atoms with van der Waals surface area (Å²) in [6.45, 7) is 0. The van der Waals surface area contributed by atoms with Gasteiger partial charge < -0.3 is 9.47 Å². The Labute approximate surface area is 101 Å². The Morgan fingerprint density at radius 3 is 2.59 bits per heavy atom. The van der Waals surface area contributed by atoms with Gasteiger partial charge in [0, 0.05) is 7.11 Å². The molecule has 4 nitrogen and oxygen atoms in total. The van der Waals surface area contributed by atoms with Crippen molar-refractivity contribution in [2.75, 3.05) is 7.11 Å². The van der Waals surface area contributed by atoms with Crippen LogP contribution in [0.15, 0.2) is 35.2 Å². The van der Waals surface area contributed by atoms with Gasteiger partial charge in [-0.25, -0.2) is 8.42 Å². The van der Waals surface area contributed by atoms with Gasteiger partial charge in [0.05, 0.1) is 4.90 Å². The lowest BCUT2D eigenvalue weighted by atomic mass is 10.2. The molecule has 0 unspecified atom stereocenters. The molecule has 0 bridgehead atoms. The number of ether oxygens (including phenoxy) is 2. The van der Waals surface area contributed by atoms with E-state index in [4.69, 9.17) is 9.47 Å². The highest BCUT2D eigenvalue weighted by molar-refractivity contribution is 7.91. The molecule has 1 heterocycles. The molecule has 17 heavy (non-hydrogen) atoms. The first-order valence-electron chi connectivity index (χ1n) is 5.62. The van der Waals surface area contributed by atoms with E-state index >= 15 is 0 Å². The maximum atomic E-state index is 12.3. The van der Waals surface area contributed by atoms with Crippen LogP contribution < -0.4 is 0 Å². The number of sulfone groups is 1. The van der Waals surface area contributed by atoms with Crippen LogP contribution in [0.5, 0.6) is 0 Å². The summed E-state index contributed by atoms with van der Waals surface area (Å²) >= 11 is 0. The van der Waals surface area contributed by atoms with Crippen LogP contribution >= 0.6 is 0 Å². The zero-order valence-corrected chi connectivity index (χ0v) is 10.5. The smallest absolute Gasteiger partial charge is 0.205 e. The molecule has 94 valence electrons. The summed E-state index contributed by atoms with van der Waals surface area (Å²) in [6, 6.07) is 8.40. The zero-order valence-electron chi connectivity index (χ0n) is 9.70. The van der Waals surface area contributed by atoms with Gasteiger partial charge in [0.25, 0.3) is 0 Å². The molecular formula is C12H16O4S. The van der Waals surface area contributed by atoms with Gasteiger partial charge in [0.2, 0.25) is 9.84 Å². The number of rotatable bonds is 3. The van der Waals surface area contributed by atoms with Crippen LogP contribution in [0.4, 0.5) is 0 Å². The molecule has 0 aromatic heterocycles. The van der Waals surface area contributed by atoms with Crippen LogP contribution in [-0.2, 0) is 19.3 Å². The maximum absolute atomic E-state index is 12.3. The van der Waals surface area contributed by atoms with E-state index in [2.05, 4.69) is 0 Å². The average molecular weight is 256 g/mol. The molecule has 1 aromatic carbocycles. The number of methoxy groups -OCH3 is 1. The lowest BCUT2D eigenvalue weighted by molar-refractivity contribution is -0.157. The van der Waals surface area contributed by atoms with E-state index in [0.717, 1.165) is 12.8 Å². The van der Waals surface area contributed by atoms with Gasteiger partial charge in [-0.3, -0.25) is 0 Å². The molecule has 1 saturated heterocycles. The van der Waals surface area contributed by atoms with Crippen LogP contribution in [0, 0.1) is 0 Å². The van der Waals surface area contributed by atoms with Gasteiger partial charge in [0.15, 0.2) is 11.7 Å². The van der Waals surface area contributed by atoms with Crippen molar-refractivity contribution in [2.24, 2.45) is 0 Å². The summed E-state index contributed by atoms with van der Waals surface area (Å²) in [6.07, 6.45) is 1.66. The van der Waals surface area contributed by atoms with E-state index < -0.39 is 21.6 Å². The Morgan fingerprint density at radius 2 is 1.94 bits per heavy atom. The van der Waals surface area contributed by atoms with E-state index in [0.29, 0.717) is 11.3 Å². The van der Waals surface area contributed by atoms with Gasteiger partial charge in [-0.05, 0) is 31.4 Å². The second-order valence-corrected chi connectivity index (χ2v) is 6.11. The van der Waals surface area contributed by atoms with E-state index in [1.165, 1.54) is 7.11 Å². The molecule has 2 atom stereocenters. The van der Waals surface area contributed by atoms with Gasteiger partial charge in [-0.15, -0.1) is 0 Å². The van der Waals surface area contributed by atoms with E-state index in [-0.39, 0.29) is 0 Å². The molecule has 0 saturated carbocycles. The minimum Gasteiger partial charge on any atom is -0.356 e. The fraction of sp³-hybridized carbons (Fsp3) is 0.500. The monoisotopic (exact) mass is 256 g/mol. The largest absolute Gasteiger partial charge is 0.356 e. The van der Waals surface area contributed by atoms with E-state index in [1.54, 1.807) is 30.3 Å². The molecular weight excluding hydrogens is 240 g/mol. The van der Waals surface area contributed by atoms with E-state index in [9.17, 15) is 8.42 Å². The summed E-state index contributed by atoms with van der Waals surface area (Å²) in [5.41, 5.74) is -0.788. The second-order valence-electron chi connectivity index (χ2n) is 4.02. The van der Waals surface area contributed by atoms with Crippen molar-refractivity contribution in [1.82, 2.24) is 0 Å². The third kappa shape index (κ3) is 2.68. The maximum Gasteiger partial charge on any atom is 0.205 e. The fourth-order valence-corrected chi connectivity index (χ4v) is 3.51. The van der Waals surface area contributed by atoms with Crippen LogP contribution in [0.2, 0.25) is 0 Å². The molecule has 1 aliphatic heterocycles. The molecule has 1 aliphatic rings. The lowest BCUT2D eigenvalue weighted by Gasteiger charge is -2.28. The zero-order chi connectivity index (χ0) is 12.3. The Bertz CT molecular complexity index is 455. The molecule has 0 amide bonds. The Hall–Kier alpha value is -0.910. The summed E-state index contributed by atoms with van der Waals surface area (Å²) in [4.78, 5) is 0.307. The molecule has 0 aliphatic carbocycles. The number of hydrogen-bond donors (Lipinski definition) is 0. The topological polar surface area (TPSA) is 52.6 Å². The lowest BCUT2D eigenvalue weighted by Crippen LogP contribution is -2.34. The summed E-state index contributed by atoms with van der Waals surface area (Å²) < 4.78 is 35.0. The van der Waals surface area contributed by atoms with Crippen molar-refractivity contribution in [3.05, 3.63) is 30.3 Å². The van der Waals surface area contributed by atoms with E-state index in [1.807, 2.05) is 0 Å². The summed E-state index contributed by atoms with van der Waals surface area (Å²) in [5.74, 6) is 0. The normalized spacial score (nSPS) is 25.7. The Morgan fingerprint density at radius 1 is 1.24 bits per heavy atom. The third-order valence-corrected chi connectivity index (χ3v) is 4.83. The van der Waals surface area contributed by atoms with Crippen LogP contribution in [-0.4, -0.2) is 27.3 Å². The standard InChI is InChI=1S/C12H16O4S/c1-15-11-8-5-9-12(16-11)17(13,14)10-6-3-2-4-7-10/h2-4,6-7,11-12H,5,8-9H2,1H3/t11-,12+/m1/s1. The number of hydrogen-bond acceptors (Lipinski definition) is 4. The van der Waals surface area contributed by atoms with Gasteiger partial charge in [-0.1, -0.05) is 18.2 Å².